The van der Waals surface area contributed by atoms with Gasteiger partial charge in [-0.25, -0.2) is 19.6 Å². The van der Waals surface area contributed by atoms with E-state index in [2.05, 4.69) is 34.8 Å². The number of thiazole rings is 1. The standard InChI is InChI=1S/C45H65N5O10S/c1-26-11-16-33-27(2)35(57-41-45(33)32(26)17-19-44(7,58-41)59-60-45)18-21-56-42(55)46-20-9-8-10-36(52)49-38(43(4,5)6)40(54)50-24-31(51)22-34(50)39(53)47-23-29-12-14-30(15-13-29)37-28(3)48-25-61-37/h12-15,25-27,31-35,38,41,51H,8-11,16-24H2,1-7H3,(H,46,55)(H,47,53)(H,49,52)/t26-,27-,31-,32+,33+,34+,35-,38-,41-,44?,45-/m1/s1. The van der Waals surface area contributed by atoms with Crippen molar-refractivity contribution in [2.75, 3.05) is 19.7 Å². The average Bonchev–Trinajstić information content (AvgIpc) is 3.76. The second-order valence-corrected chi connectivity index (χ2v) is 20.1. The van der Waals surface area contributed by atoms with Crippen LogP contribution in [0.1, 0.15) is 111 Å². The molecule has 1 aliphatic carbocycles. The number of aliphatic hydroxyl groups is 1. The van der Waals surface area contributed by atoms with Crippen LogP contribution in [0.3, 0.4) is 0 Å². The Morgan fingerprint density at radius 3 is 2.54 bits per heavy atom. The molecule has 1 spiro atoms. The summed E-state index contributed by atoms with van der Waals surface area (Å²) in [6.07, 6.45) is 3.51. The maximum absolute atomic E-state index is 14.0. The number of fused-ring (bicyclic) bond motifs is 2. The lowest BCUT2D eigenvalue weighted by molar-refractivity contribution is -0.571. The minimum Gasteiger partial charge on any atom is -0.449 e. The van der Waals surface area contributed by atoms with Crippen LogP contribution in [0.4, 0.5) is 4.79 Å². The summed E-state index contributed by atoms with van der Waals surface area (Å²) in [6, 6.07) is 6.09. The SMILES string of the molecule is Cc1ncsc1-c1ccc(CNC(=O)[C@@H]2C[C@@H](O)CN2C(=O)[C@@H](NC(=O)CCCCNC(=O)OCC[C@H]2O[C@@H]3OC4(C)CC[C@H]5[C@H](C)CC[C@@H]([C@H]2C)[C@@]35OO4)C(C)(C)C)cc1. The van der Waals surface area contributed by atoms with Crippen LogP contribution in [0.15, 0.2) is 29.8 Å². The molecule has 2 bridgehead atoms. The van der Waals surface area contributed by atoms with Gasteiger partial charge in [0.05, 0.1) is 34.9 Å². The van der Waals surface area contributed by atoms with Crippen LogP contribution in [0.25, 0.3) is 10.4 Å². The van der Waals surface area contributed by atoms with Gasteiger partial charge in [-0.1, -0.05) is 58.9 Å². The lowest BCUT2D eigenvalue weighted by Gasteiger charge is -2.60. The van der Waals surface area contributed by atoms with Crippen molar-refractivity contribution in [2.45, 2.75) is 155 Å². The third kappa shape index (κ3) is 9.79. The van der Waals surface area contributed by atoms with Crippen molar-refractivity contribution in [1.29, 1.82) is 0 Å². The van der Waals surface area contributed by atoms with Gasteiger partial charge in [0.1, 0.15) is 12.1 Å². The molecule has 2 aromatic rings. The van der Waals surface area contributed by atoms with Crippen LogP contribution in [0.5, 0.6) is 0 Å². The van der Waals surface area contributed by atoms with E-state index in [0.29, 0.717) is 31.7 Å². The second kappa shape index (κ2) is 18.6. The summed E-state index contributed by atoms with van der Waals surface area (Å²) in [5.74, 6) is -0.790. The molecule has 1 aromatic carbocycles. The van der Waals surface area contributed by atoms with Gasteiger partial charge in [0.2, 0.25) is 23.5 Å². The number of nitrogens with zero attached hydrogens (tertiary/aromatic N) is 2. The molecule has 1 saturated carbocycles. The van der Waals surface area contributed by atoms with Crippen molar-refractivity contribution < 1.29 is 48.3 Å². The van der Waals surface area contributed by atoms with Crippen molar-refractivity contribution in [3.63, 3.8) is 0 Å². The van der Waals surface area contributed by atoms with E-state index < -0.39 is 53.3 Å². The Hall–Kier alpha value is -3.67. The molecule has 6 aliphatic rings. The fourth-order valence-electron chi connectivity index (χ4n) is 10.2. The van der Waals surface area contributed by atoms with Gasteiger partial charge >= 0.3 is 6.09 Å². The lowest BCUT2D eigenvalue weighted by atomic mass is 9.57. The molecule has 15 nitrogen and oxygen atoms in total. The molecule has 1 unspecified atom stereocenters. The van der Waals surface area contributed by atoms with E-state index in [1.54, 1.807) is 11.3 Å². The molecule has 4 N–H and O–H groups in total. The number of aryl methyl sites for hydroxylation is 1. The zero-order chi connectivity index (χ0) is 43.7. The summed E-state index contributed by atoms with van der Waals surface area (Å²) in [4.78, 5) is 72.2. The van der Waals surface area contributed by atoms with Crippen molar-refractivity contribution in [3.05, 3.63) is 41.0 Å². The summed E-state index contributed by atoms with van der Waals surface area (Å²) in [5.41, 5.74) is 3.43. The predicted molar refractivity (Wildman–Crippen MR) is 226 cm³/mol. The van der Waals surface area contributed by atoms with Crippen molar-refractivity contribution in [1.82, 2.24) is 25.8 Å². The number of hydrogen-bond donors (Lipinski definition) is 4. The molecule has 11 atom stereocenters. The van der Waals surface area contributed by atoms with Crippen LogP contribution < -0.4 is 16.0 Å². The van der Waals surface area contributed by atoms with Gasteiger partial charge in [0, 0.05) is 51.2 Å². The summed E-state index contributed by atoms with van der Waals surface area (Å²) >= 11 is 1.57. The first-order valence-corrected chi connectivity index (χ1v) is 23.0. The number of carbonyl (C=O) groups excluding carboxylic acids is 4. The predicted octanol–water partition coefficient (Wildman–Crippen LogP) is 5.76. The number of alkyl carbamates (subject to hydrolysis) is 1. The number of β-amino-alcohol motifs (C(OH)–C–C–N with tert-alkyl or cyclic N) is 1. The second-order valence-electron chi connectivity index (χ2n) is 19.2. The highest BCUT2D eigenvalue weighted by Gasteiger charge is 2.69. The Labute approximate surface area is 363 Å². The molecule has 336 valence electrons. The Balaban J connectivity index is 0.824. The number of ether oxygens (including phenoxy) is 3. The molecule has 6 fully saturated rings. The highest BCUT2D eigenvalue weighted by Crippen LogP contribution is 2.60. The number of hydrogen-bond acceptors (Lipinski definition) is 12. The smallest absolute Gasteiger partial charge is 0.407 e. The largest absolute Gasteiger partial charge is 0.449 e. The Kier molecular flexibility index (Phi) is 13.8. The molecule has 4 amide bonds. The van der Waals surface area contributed by atoms with Gasteiger partial charge < -0.3 is 40.2 Å². The average molecular weight is 868 g/mol. The number of nitrogens with one attached hydrogen (secondary N) is 3. The van der Waals surface area contributed by atoms with E-state index in [1.165, 1.54) is 4.90 Å². The van der Waals surface area contributed by atoms with E-state index in [1.807, 2.05) is 64.4 Å². The van der Waals surface area contributed by atoms with Crippen molar-refractivity contribution in [3.8, 4) is 10.4 Å². The summed E-state index contributed by atoms with van der Waals surface area (Å²) in [5, 5.41) is 19.2. The molecule has 8 rings (SSSR count). The van der Waals surface area contributed by atoms with Crippen LogP contribution in [0, 0.1) is 36.0 Å². The fourth-order valence-corrected chi connectivity index (χ4v) is 11.1. The van der Waals surface area contributed by atoms with Crippen LogP contribution in [0.2, 0.25) is 0 Å². The zero-order valence-corrected chi connectivity index (χ0v) is 37.5. The Bertz CT molecular complexity index is 1890. The molecule has 1 aromatic heterocycles. The van der Waals surface area contributed by atoms with Gasteiger partial charge in [0.15, 0.2) is 11.9 Å². The minimum atomic E-state index is -0.922. The van der Waals surface area contributed by atoms with Gasteiger partial charge in [-0.2, -0.15) is 0 Å². The van der Waals surface area contributed by atoms with Crippen molar-refractivity contribution >= 4 is 35.2 Å². The molecule has 6 heterocycles. The van der Waals surface area contributed by atoms with E-state index in [4.69, 9.17) is 24.0 Å². The van der Waals surface area contributed by atoms with E-state index in [9.17, 15) is 24.3 Å². The highest BCUT2D eigenvalue weighted by molar-refractivity contribution is 7.13. The normalized spacial score (nSPS) is 32.4. The first-order chi connectivity index (χ1) is 29.0. The number of aromatic nitrogens is 1. The molecule has 16 heteroatoms. The maximum atomic E-state index is 14.0. The summed E-state index contributed by atoms with van der Waals surface area (Å²) in [7, 11) is 0. The van der Waals surface area contributed by atoms with E-state index >= 15 is 0 Å². The molecule has 5 aliphatic heterocycles. The molecule has 5 saturated heterocycles. The number of unbranched alkanes of at least 4 members (excludes halogenated alkanes) is 1. The van der Waals surface area contributed by atoms with Gasteiger partial charge in [0.25, 0.3) is 0 Å². The number of rotatable bonds is 14. The van der Waals surface area contributed by atoms with E-state index in [-0.39, 0.29) is 68.2 Å². The van der Waals surface area contributed by atoms with Crippen LogP contribution >= 0.6 is 11.3 Å². The molecule has 0 radical (unpaired) electrons. The minimum absolute atomic E-state index is 0.00344. The molecular formula is C45H65N5O10S. The van der Waals surface area contributed by atoms with Gasteiger partial charge in [-0.15, -0.1) is 11.3 Å². The zero-order valence-electron chi connectivity index (χ0n) is 36.7. The number of carbonyl (C=O) groups is 4. The van der Waals surface area contributed by atoms with Crippen LogP contribution in [-0.4, -0.2) is 100 Å². The topological polar surface area (TPSA) is 187 Å². The van der Waals surface area contributed by atoms with Gasteiger partial charge in [-0.05, 0) is 80.2 Å². The Morgan fingerprint density at radius 1 is 1.05 bits per heavy atom. The first-order valence-electron chi connectivity index (χ1n) is 22.1. The maximum Gasteiger partial charge on any atom is 0.407 e. The first kappa shape index (κ1) is 45.4. The number of likely N-dealkylation sites (tertiary alicyclic amines) is 1. The quantitative estimate of drug-likeness (QED) is 0.134. The fraction of sp³-hybridized carbons (Fsp3) is 0.711. The Morgan fingerprint density at radius 2 is 1.82 bits per heavy atom. The summed E-state index contributed by atoms with van der Waals surface area (Å²) in [6.45, 7) is 14.7. The number of amides is 4. The van der Waals surface area contributed by atoms with Crippen molar-refractivity contribution in [2.24, 2.45) is 29.1 Å². The van der Waals surface area contributed by atoms with E-state index in [0.717, 1.165) is 47.4 Å². The van der Waals surface area contributed by atoms with Gasteiger partial charge in [-0.3, -0.25) is 14.4 Å². The molecule has 61 heavy (non-hydrogen) atoms. The third-order valence-corrected chi connectivity index (χ3v) is 14.7. The molecular weight excluding hydrogens is 803 g/mol. The number of benzene rings is 1. The number of aliphatic hydroxyl groups excluding tert-OH is 1. The summed E-state index contributed by atoms with van der Waals surface area (Å²) < 4.78 is 18.6. The monoisotopic (exact) mass is 867 g/mol. The van der Waals surface area contributed by atoms with Crippen LogP contribution in [-0.2, 0) is 44.9 Å². The highest BCUT2D eigenvalue weighted by atomic mass is 32.1. The lowest BCUT2D eigenvalue weighted by Crippen LogP contribution is -2.70. The third-order valence-electron chi connectivity index (χ3n) is 13.7.